The maximum atomic E-state index is 6.02. The highest BCUT2D eigenvalue weighted by Crippen LogP contribution is 2.72. The van der Waals surface area contributed by atoms with E-state index >= 15 is 0 Å². The second-order valence-corrected chi connectivity index (χ2v) is 19.8. The molecule has 0 bridgehead atoms. The highest BCUT2D eigenvalue weighted by Gasteiger charge is 2.42. The first-order chi connectivity index (χ1) is 22.1. The minimum Gasteiger partial charge on any atom is -0.371 e. The van der Waals surface area contributed by atoms with E-state index in [0.717, 1.165) is 0 Å². The van der Waals surface area contributed by atoms with Gasteiger partial charge in [0, 0.05) is 10.5 Å². The van der Waals surface area contributed by atoms with Gasteiger partial charge in [-0.1, -0.05) is 108 Å². The van der Waals surface area contributed by atoms with Crippen LogP contribution in [0.2, 0.25) is 0 Å². The Balaban J connectivity index is 1.29. The van der Waals surface area contributed by atoms with Crippen molar-refractivity contribution in [2.45, 2.75) is 90.3 Å². The maximum Gasteiger partial charge on any atom is 0.0724 e. The fourth-order valence-electron chi connectivity index (χ4n) is 7.46. The van der Waals surface area contributed by atoms with Crippen LogP contribution < -0.4 is 0 Å². The average molecular weight is 645 g/mol. The van der Waals surface area contributed by atoms with Crippen LogP contribution in [-0.4, -0.2) is 23.7 Å². The van der Waals surface area contributed by atoms with Crippen LogP contribution in [0.3, 0.4) is 0 Å². The van der Waals surface area contributed by atoms with Gasteiger partial charge < -0.3 is 9.47 Å². The number of fused-ring (bicyclic) bond motifs is 2. The van der Waals surface area contributed by atoms with E-state index in [2.05, 4.69) is 165 Å². The fraction of sp³-hybridized carbons (Fsp3) is 0.364. The first-order valence-corrected chi connectivity index (χ1v) is 19.5. The van der Waals surface area contributed by atoms with Crippen LogP contribution in [-0.2, 0) is 22.7 Å². The summed E-state index contributed by atoms with van der Waals surface area (Å²) in [6, 6.07) is 31.8. The zero-order chi connectivity index (χ0) is 33.7. The van der Waals surface area contributed by atoms with E-state index in [1.165, 1.54) is 66.8 Å². The molecule has 0 N–H and O–H groups in total. The minimum atomic E-state index is -1.19. The molecule has 0 saturated carbocycles. The van der Waals surface area contributed by atoms with Crippen molar-refractivity contribution in [1.82, 2.24) is 0 Å². The number of rotatable bonds is 8. The summed E-state index contributed by atoms with van der Waals surface area (Å²) in [5, 5.41) is 0.809. The molecule has 4 aromatic carbocycles. The lowest BCUT2D eigenvalue weighted by Gasteiger charge is -2.46. The Morgan fingerprint density at radius 3 is 1.23 bits per heavy atom. The van der Waals surface area contributed by atoms with Crippen molar-refractivity contribution in [3.05, 3.63) is 129 Å². The molecule has 2 nitrogen and oxygen atoms in total. The quantitative estimate of drug-likeness (QED) is 0.190. The number of ether oxygens (including phenoxy) is 2. The van der Waals surface area contributed by atoms with Gasteiger partial charge in [-0.2, -0.15) is 0 Å². The molecule has 3 heteroatoms. The Morgan fingerprint density at radius 2 is 0.894 bits per heavy atom. The van der Waals surface area contributed by atoms with Crippen LogP contribution in [0, 0.1) is 0 Å². The van der Waals surface area contributed by atoms with Crippen LogP contribution in [0.4, 0.5) is 0 Å². The van der Waals surface area contributed by atoms with Crippen LogP contribution in [0.15, 0.2) is 96.1 Å². The summed E-state index contributed by atoms with van der Waals surface area (Å²) in [5.74, 6) is 0. The molecular formula is C44H52O2S. The van der Waals surface area contributed by atoms with Crippen molar-refractivity contribution in [3.63, 3.8) is 0 Å². The van der Waals surface area contributed by atoms with Crippen molar-refractivity contribution in [2.75, 3.05) is 12.5 Å². The Kier molecular flexibility index (Phi) is 8.98. The summed E-state index contributed by atoms with van der Waals surface area (Å²) >= 11 is 0. The molecule has 6 rings (SSSR count). The highest BCUT2D eigenvalue weighted by molar-refractivity contribution is 8.33. The predicted molar refractivity (Wildman–Crippen MR) is 205 cm³/mol. The van der Waals surface area contributed by atoms with E-state index in [1.807, 2.05) is 0 Å². The van der Waals surface area contributed by atoms with E-state index < -0.39 is 10.0 Å². The van der Waals surface area contributed by atoms with Gasteiger partial charge in [-0.25, -0.2) is 10.0 Å². The monoisotopic (exact) mass is 644 g/mol. The smallest absolute Gasteiger partial charge is 0.0724 e. The minimum absolute atomic E-state index is 0.145. The lowest BCUT2D eigenvalue weighted by atomic mass is 9.96. The predicted octanol–water partition coefficient (Wildman–Crippen LogP) is 12.3. The van der Waals surface area contributed by atoms with Gasteiger partial charge >= 0.3 is 0 Å². The molecular weight excluding hydrogens is 593 g/mol. The molecule has 0 aliphatic heterocycles. The normalized spacial score (nSPS) is 18.1. The van der Waals surface area contributed by atoms with Crippen molar-refractivity contribution in [1.29, 1.82) is 0 Å². The summed E-state index contributed by atoms with van der Waals surface area (Å²) in [7, 11) is -1.19. The summed E-state index contributed by atoms with van der Waals surface area (Å²) in [6.07, 6.45) is 10.1. The van der Waals surface area contributed by atoms with Gasteiger partial charge in [0.05, 0.1) is 24.4 Å². The molecule has 0 saturated heterocycles. The van der Waals surface area contributed by atoms with Crippen LogP contribution in [0.5, 0.6) is 0 Å². The van der Waals surface area contributed by atoms with E-state index in [0.29, 0.717) is 23.7 Å². The van der Waals surface area contributed by atoms with Gasteiger partial charge in [0.1, 0.15) is 0 Å². The Hall–Kier alpha value is -3.37. The molecule has 246 valence electrons. The molecule has 2 aliphatic carbocycles. The van der Waals surface area contributed by atoms with Crippen molar-refractivity contribution >= 4 is 22.2 Å². The van der Waals surface area contributed by atoms with Gasteiger partial charge in [-0.15, -0.1) is 0 Å². The average Bonchev–Trinajstić information content (AvgIpc) is 3.55. The number of benzene rings is 4. The van der Waals surface area contributed by atoms with Gasteiger partial charge in [0.25, 0.3) is 0 Å². The zero-order valence-electron chi connectivity index (χ0n) is 30.0. The highest BCUT2D eigenvalue weighted by atomic mass is 32.3. The SMILES string of the molecule is CC1=Cc2c(-c3ccc(COC(C)(C)C)cc3)cccc2C1S(C)(C)C1C(C)=Cc2c(-c3ccc(COC(C)(C)C)cc3)cccc21. The number of hydrogen-bond donors (Lipinski definition) is 0. The van der Waals surface area contributed by atoms with Crippen molar-refractivity contribution in [3.8, 4) is 22.3 Å². The third-order valence-electron chi connectivity index (χ3n) is 9.50. The summed E-state index contributed by atoms with van der Waals surface area (Å²) in [6.45, 7) is 18.6. The fourth-order valence-corrected chi connectivity index (χ4v) is 11.5. The first-order valence-electron chi connectivity index (χ1n) is 16.9. The van der Waals surface area contributed by atoms with Gasteiger partial charge in [-0.05, 0) is 124 Å². The summed E-state index contributed by atoms with van der Waals surface area (Å²) in [4.78, 5) is 0. The Bertz CT molecular complexity index is 1690. The second kappa shape index (κ2) is 12.6. The third-order valence-corrected chi connectivity index (χ3v) is 13.2. The molecule has 0 heterocycles. The van der Waals surface area contributed by atoms with Gasteiger partial charge in [0.2, 0.25) is 0 Å². The van der Waals surface area contributed by atoms with Crippen LogP contribution in [0.25, 0.3) is 34.4 Å². The Labute approximate surface area is 285 Å². The molecule has 0 radical (unpaired) electrons. The molecule has 4 aromatic rings. The molecule has 0 spiro atoms. The summed E-state index contributed by atoms with van der Waals surface area (Å²) < 4.78 is 12.0. The number of hydrogen-bond acceptors (Lipinski definition) is 2. The summed E-state index contributed by atoms with van der Waals surface area (Å²) in [5.41, 5.74) is 16.0. The zero-order valence-corrected chi connectivity index (χ0v) is 30.8. The standard InChI is InChI=1S/C44H52O2S/c1-29-25-39-35(33-21-17-31(18-22-33)27-45-43(3,4)5)13-11-15-37(39)41(29)47(9,10)42-30(2)26-40-36(14-12-16-38(40)42)34-23-19-32(20-24-34)28-46-44(6,7)8/h11-26,41-42H,27-28H2,1-10H3. The van der Waals surface area contributed by atoms with Crippen LogP contribution >= 0.6 is 10.0 Å². The van der Waals surface area contributed by atoms with Gasteiger partial charge in [0.15, 0.2) is 0 Å². The van der Waals surface area contributed by atoms with Crippen LogP contribution in [0.1, 0.15) is 99.3 Å². The first kappa shape index (κ1) is 33.5. The van der Waals surface area contributed by atoms with E-state index in [9.17, 15) is 0 Å². The molecule has 0 aromatic heterocycles. The van der Waals surface area contributed by atoms with Crippen molar-refractivity contribution < 1.29 is 9.47 Å². The lowest BCUT2D eigenvalue weighted by molar-refractivity contribution is -0.0152. The Morgan fingerprint density at radius 1 is 0.532 bits per heavy atom. The van der Waals surface area contributed by atoms with E-state index in [1.54, 1.807) is 0 Å². The lowest BCUT2D eigenvalue weighted by Crippen LogP contribution is -2.18. The largest absolute Gasteiger partial charge is 0.371 e. The molecule has 2 aliphatic rings. The second-order valence-electron chi connectivity index (χ2n) is 15.8. The maximum absolute atomic E-state index is 6.02. The van der Waals surface area contributed by atoms with Gasteiger partial charge in [-0.3, -0.25) is 0 Å². The molecule has 0 amide bonds. The van der Waals surface area contributed by atoms with E-state index in [-0.39, 0.29) is 11.2 Å². The molecule has 2 unspecified atom stereocenters. The van der Waals surface area contributed by atoms with E-state index in [4.69, 9.17) is 9.47 Å². The van der Waals surface area contributed by atoms with Crippen molar-refractivity contribution in [2.24, 2.45) is 0 Å². The topological polar surface area (TPSA) is 18.5 Å². The molecule has 2 atom stereocenters. The third kappa shape index (κ3) is 6.95. The molecule has 47 heavy (non-hydrogen) atoms. The molecule has 0 fully saturated rings.